The molecule has 2 aliphatic rings. The molecule has 1 aromatic carbocycles. The minimum atomic E-state index is -1.28. The van der Waals surface area contributed by atoms with Crippen molar-refractivity contribution in [2.75, 3.05) is 26.0 Å². The molecule has 0 radical (unpaired) electrons. The molecule has 430 valence electrons. The first kappa shape index (κ1) is 58.6. The number of aliphatic carboxylic acids is 1. The largest absolute Gasteiger partial charge is 0.481 e. The lowest BCUT2D eigenvalue weighted by Crippen LogP contribution is -2.40. The lowest BCUT2D eigenvalue weighted by Gasteiger charge is -2.23. The first-order chi connectivity index (χ1) is 39.9. The molecule has 8 N–H and O–H groups in total. The van der Waals surface area contributed by atoms with E-state index in [0.717, 1.165) is 11.3 Å². The zero-order valence-corrected chi connectivity index (χ0v) is 49.8. The lowest BCUT2D eigenvalue weighted by molar-refractivity contribution is -0.141. The van der Waals surface area contributed by atoms with E-state index < -0.39 is 78.1 Å². The number of aromatic nitrogens is 7. The molecule has 29 heteroatoms. The van der Waals surface area contributed by atoms with Crippen molar-refractivity contribution in [1.29, 1.82) is 0 Å². The van der Waals surface area contributed by atoms with Gasteiger partial charge in [-0.2, -0.15) is 0 Å². The van der Waals surface area contributed by atoms with E-state index in [4.69, 9.17) is 24.7 Å². The van der Waals surface area contributed by atoms with E-state index in [-0.39, 0.29) is 59.2 Å². The molecule has 0 unspecified atom stereocenters. The van der Waals surface area contributed by atoms with Crippen molar-refractivity contribution in [1.82, 2.24) is 61.5 Å². The first-order valence-corrected chi connectivity index (χ1v) is 31.1. The number of thiazole rings is 6. The van der Waals surface area contributed by atoms with Gasteiger partial charge in [0.1, 0.15) is 82.2 Å². The molecule has 23 nitrogen and oxygen atoms in total. The van der Waals surface area contributed by atoms with Crippen LogP contribution in [0.25, 0.3) is 43.4 Å². The van der Waals surface area contributed by atoms with Gasteiger partial charge in [-0.05, 0) is 49.8 Å². The topological polar surface area (TPSA) is 332 Å². The van der Waals surface area contributed by atoms with Crippen LogP contribution in [-0.2, 0) is 30.5 Å². The summed E-state index contributed by atoms with van der Waals surface area (Å²) in [7, 11) is 2.94. The molecular formula is C54H53N13O10S6. The van der Waals surface area contributed by atoms with Gasteiger partial charge in [0.05, 0.1) is 48.1 Å². The van der Waals surface area contributed by atoms with E-state index in [1.54, 1.807) is 70.9 Å². The predicted molar refractivity (Wildman–Crippen MR) is 314 cm³/mol. The van der Waals surface area contributed by atoms with E-state index in [1.165, 1.54) is 70.8 Å². The number of aliphatic hydroxyl groups excluding tert-OH is 1. The molecule has 1 aliphatic heterocycles. The number of fused-ring (bicyclic) bond motifs is 14. The molecular weight excluding hydrogens is 1180 g/mol. The fourth-order valence-corrected chi connectivity index (χ4v) is 14.8. The van der Waals surface area contributed by atoms with Crippen LogP contribution >= 0.6 is 68.0 Å². The second kappa shape index (κ2) is 25.5. The fraction of sp³-hybridized carbons (Fsp3) is 0.333. The van der Waals surface area contributed by atoms with Crippen LogP contribution in [0.1, 0.15) is 126 Å². The van der Waals surface area contributed by atoms with Crippen LogP contribution in [-0.4, -0.2) is 107 Å². The van der Waals surface area contributed by atoms with Crippen molar-refractivity contribution in [3.05, 3.63) is 111 Å². The third-order valence-corrected chi connectivity index (χ3v) is 19.4. The summed E-state index contributed by atoms with van der Waals surface area (Å²) in [4.78, 5) is 129. The van der Waals surface area contributed by atoms with E-state index in [2.05, 4.69) is 46.9 Å². The van der Waals surface area contributed by atoms with Gasteiger partial charge < -0.3 is 46.9 Å². The van der Waals surface area contributed by atoms with E-state index in [0.29, 0.717) is 81.5 Å². The van der Waals surface area contributed by atoms with Crippen LogP contribution in [0.2, 0.25) is 0 Å². The number of nitrogens with zero attached hydrogens (tertiary/aromatic N) is 7. The molecule has 6 atom stereocenters. The molecule has 10 bridgehead atoms. The summed E-state index contributed by atoms with van der Waals surface area (Å²) in [6, 6.07) is 9.46. The number of aliphatic hydroxyl groups is 1. The minimum absolute atomic E-state index is 0.000214. The van der Waals surface area contributed by atoms with Crippen molar-refractivity contribution < 1.29 is 48.5 Å². The number of hydrogen-bond acceptors (Lipinski definition) is 22. The minimum Gasteiger partial charge on any atom is -0.481 e. The number of aryl methyl sites for hydroxylation is 1. The standard InChI is InChI=1S/C54H53N13O10S6/c1-23(2)38-53-67-41(34(83-53)18-77-5)46(73)56-17-37(69)64-42(43(70)25-9-7-6-8-10-25)52-61-33(21-80-52)50-59-31(19-79-50)40-28(13-14-29(57-40)49-63-35(22-81-49)62-44(71)26-11-12-27(15-26)54(75)76)48-60-32(20-78-48)45(72)58-30(16-36(68)55-4)51-66-39(24(3)82-51)47(74)65-38/h6-10,13-14,19-23,26-27,30,38,42-43,70H,11-12,15-18H2,1-5H3,(H,55,68)(H,56,73)(H,58,72)(H,62,71)(H,64,69)(H,65,74)(H,75,76)/t26-,27+,30-,38-,42-,43-/m0/s1. The smallest absolute Gasteiger partial charge is 0.306 e. The average Bonchev–Trinajstić information content (AvgIpc) is 3.90. The number of ether oxygens (including phenoxy) is 1. The normalized spacial score (nSPS) is 19.0. The zero-order chi connectivity index (χ0) is 58.6. The Balaban J connectivity index is 1.04. The molecule has 1 fully saturated rings. The summed E-state index contributed by atoms with van der Waals surface area (Å²) in [6.45, 7) is 4.95. The van der Waals surface area contributed by atoms with Gasteiger partial charge >= 0.3 is 5.97 Å². The van der Waals surface area contributed by atoms with Crippen LogP contribution in [0.15, 0.2) is 64.0 Å². The number of carboxylic acids is 1. The van der Waals surface area contributed by atoms with Gasteiger partial charge in [0, 0.05) is 52.0 Å². The predicted octanol–water partition coefficient (Wildman–Crippen LogP) is 7.75. The van der Waals surface area contributed by atoms with Gasteiger partial charge in [-0.15, -0.1) is 68.0 Å². The zero-order valence-electron chi connectivity index (χ0n) is 44.9. The Labute approximate surface area is 497 Å². The van der Waals surface area contributed by atoms with Gasteiger partial charge in [0.15, 0.2) is 0 Å². The molecule has 83 heavy (non-hydrogen) atoms. The van der Waals surface area contributed by atoms with E-state index >= 15 is 0 Å². The van der Waals surface area contributed by atoms with Gasteiger partial charge in [0.2, 0.25) is 17.7 Å². The highest BCUT2D eigenvalue weighted by atomic mass is 32.1. The van der Waals surface area contributed by atoms with Crippen molar-refractivity contribution in [3.63, 3.8) is 0 Å². The Hall–Kier alpha value is -7.64. The molecule has 10 rings (SSSR count). The molecule has 1 aliphatic carbocycles. The van der Waals surface area contributed by atoms with Gasteiger partial charge in [-0.1, -0.05) is 44.2 Å². The van der Waals surface area contributed by atoms with Gasteiger partial charge in [-0.25, -0.2) is 34.9 Å². The summed E-state index contributed by atoms with van der Waals surface area (Å²) < 4.78 is 5.45. The van der Waals surface area contributed by atoms with Gasteiger partial charge in [0.25, 0.3) is 17.7 Å². The van der Waals surface area contributed by atoms with Crippen LogP contribution in [0, 0.1) is 24.7 Å². The summed E-state index contributed by atoms with van der Waals surface area (Å²) in [5, 5.41) is 47.4. The number of carbonyl (C=O) groups excluding carboxylic acids is 6. The first-order valence-electron chi connectivity index (χ1n) is 25.9. The van der Waals surface area contributed by atoms with E-state index in [1.807, 2.05) is 13.8 Å². The van der Waals surface area contributed by atoms with Crippen molar-refractivity contribution in [2.45, 2.75) is 77.3 Å². The number of nitrogens with one attached hydrogen (secondary N) is 6. The maximum absolute atomic E-state index is 14.3. The second-order valence-electron chi connectivity index (χ2n) is 19.7. The maximum Gasteiger partial charge on any atom is 0.306 e. The number of pyridine rings is 1. The molecule has 8 heterocycles. The van der Waals surface area contributed by atoms with Crippen LogP contribution in [0.5, 0.6) is 0 Å². The number of anilines is 1. The third-order valence-electron chi connectivity index (χ3n) is 13.7. The highest BCUT2D eigenvalue weighted by Crippen LogP contribution is 2.41. The van der Waals surface area contributed by atoms with Crippen LogP contribution < -0.4 is 31.9 Å². The van der Waals surface area contributed by atoms with E-state index in [9.17, 15) is 43.8 Å². The highest BCUT2D eigenvalue weighted by molar-refractivity contribution is 7.15. The Morgan fingerprint density at radius 3 is 2.16 bits per heavy atom. The number of amides is 6. The molecule has 8 aromatic rings. The summed E-state index contributed by atoms with van der Waals surface area (Å²) in [5.74, 6) is -5.15. The van der Waals surface area contributed by atoms with Crippen molar-refractivity contribution in [2.24, 2.45) is 17.8 Å². The number of methoxy groups -OCH3 is 1. The lowest BCUT2D eigenvalue weighted by atomic mass is 10.0. The highest BCUT2D eigenvalue weighted by Gasteiger charge is 2.36. The van der Waals surface area contributed by atoms with Gasteiger partial charge in [-0.3, -0.25) is 33.6 Å². The maximum atomic E-state index is 14.3. The van der Waals surface area contributed by atoms with Crippen molar-refractivity contribution >= 4 is 115 Å². The van der Waals surface area contributed by atoms with Crippen molar-refractivity contribution in [3.8, 4) is 43.4 Å². The van der Waals surface area contributed by atoms with Crippen LogP contribution in [0.3, 0.4) is 0 Å². The Bertz CT molecular complexity index is 3760. The Morgan fingerprint density at radius 1 is 0.699 bits per heavy atom. The Kier molecular flexibility index (Phi) is 18.0. The average molecular weight is 1240 g/mol. The second-order valence-corrected chi connectivity index (χ2v) is 25.5. The molecule has 7 aromatic heterocycles. The number of carboxylic acid groups (broad SMARTS) is 1. The number of carbonyl (C=O) groups is 7. The summed E-state index contributed by atoms with van der Waals surface area (Å²) >= 11 is 7.15. The molecule has 1 saturated carbocycles. The summed E-state index contributed by atoms with van der Waals surface area (Å²) in [6.07, 6.45) is -0.396. The monoisotopic (exact) mass is 1240 g/mol. The van der Waals surface area contributed by atoms with Crippen LogP contribution in [0.4, 0.5) is 5.82 Å². The number of benzene rings is 1. The SMILES string of the molecule is CNC(=O)C[C@@H]1NC(=O)c2csc(n2)-c2ccc(-c3nc(NC(=O)[C@H]4CC[C@@H](C(=O)O)C4)cs3)nc2-c2csc(n2)-c2csc(n2)[C@H]([C@@H](O)c2ccccc2)NC(=O)CNC(=O)c2nc(sc2COC)[C@H](C(C)C)NC(=O)c2nc1sc2C. The number of hydrogen-bond donors (Lipinski definition) is 8. The molecule has 0 spiro atoms. The molecule has 6 amide bonds. The molecule has 0 saturated heterocycles. The third kappa shape index (κ3) is 13.1. The summed E-state index contributed by atoms with van der Waals surface area (Å²) in [5.41, 5.74) is 2.66. The number of rotatable bonds is 11. The quantitative estimate of drug-likeness (QED) is 0.0613. The fourth-order valence-electron chi connectivity index (χ4n) is 9.31. The Morgan fingerprint density at radius 2 is 1.41 bits per heavy atom.